The molecule has 0 amide bonds. The summed E-state index contributed by atoms with van der Waals surface area (Å²) in [6.07, 6.45) is 0. The van der Waals surface area contributed by atoms with Gasteiger partial charge in [-0.1, -0.05) is 309 Å². The molecule has 0 fully saturated rings. The van der Waals surface area contributed by atoms with Crippen LogP contribution in [0.1, 0.15) is 0 Å². The van der Waals surface area contributed by atoms with Crippen LogP contribution in [0.15, 0.2) is 433 Å². The van der Waals surface area contributed by atoms with Gasteiger partial charge < -0.3 is 18.0 Å². The van der Waals surface area contributed by atoms with Gasteiger partial charge in [-0.25, -0.2) is 9.97 Å². The molecule has 0 saturated carbocycles. The first-order valence-corrected chi connectivity index (χ1v) is 42.4. The van der Waals surface area contributed by atoms with Crippen molar-refractivity contribution in [3.05, 3.63) is 425 Å². The Bertz CT molecular complexity index is 8760. The van der Waals surface area contributed by atoms with E-state index in [1.54, 1.807) is 0 Å². The predicted molar refractivity (Wildman–Crippen MR) is 515 cm³/mol. The van der Waals surface area contributed by atoms with E-state index in [-0.39, 0.29) is 0 Å². The van der Waals surface area contributed by atoms with E-state index in [1.807, 2.05) is 48.5 Å². The molecule has 126 heavy (non-hydrogen) atoms. The zero-order valence-corrected chi connectivity index (χ0v) is 67.7. The molecule has 0 atom stereocenters. The van der Waals surface area contributed by atoms with Crippen LogP contribution in [0, 0.1) is 0 Å². The van der Waals surface area contributed by atoms with Crippen molar-refractivity contribution in [1.29, 1.82) is 0 Å². The Morgan fingerprint density at radius 2 is 0.468 bits per heavy atom. The van der Waals surface area contributed by atoms with Crippen molar-refractivity contribution in [3.8, 4) is 113 Å². The summed E-state index contributed by atoms with van der Waals surface area (Å²) in [6, 6.07) is 149. The van der Waals surface area contributed by atoms with Gasteiger partial charge in [-0.2, -0.15) is 19.9 Å². The molecule has 0 saturated heterocycles. The highest BCUT2D eigenvalue weighted by atomic mass is 16.3. The first kappa shape index (κ1) is 71.7. The monoisotopic (exact) mass is 1610 g/mol. The number of fused-ring (bicyclic) bond motifs is 18. The van der Waals surface area contributed by atoms with Crippen molar-refractivity contribution in [2.24, 2.45) is 0 Å². The van der Waals surface area contributed by atoms with Crippen molar-refractivity contribution in [3.63, 3.8) is 0 Å². The van der Waals surface area contributed by atoms with Crippen molar-refractivity contribution in [1.82, 2.24) is 48.2 Å². The summed E-state index contributed by atoms with van der Waals surface area (Å²) in [7, 11) is 0. The molecule has 0 radical (unpaired) electrons. The molecule has 0 bridgehead atoms. The number of rotatable bonds is 12. The van der Waals surface area contributed by atoms with Gasteiger partial charge in [0.15, 0.2) is 23.3 Å². The van der Waals surface area contributed by atoms with Gasteiger partial charge in [0, 0.05) is 104 Å². The van der Waals surface area contributed by atoms with Gasteiger partial charge >= 0.3 is 0 Å². The Hall–Kier alpha value is -17.2. The summed E-state index contributed by atoms with van der Waals surface area (Å²) in [5.41, 5.74) is 26.6. The van der Waals surface area contributed by atoms with E-state index < -0.39 is 0 Å². The molecule has 0 N–H and O–H groups in total. The van der Waals surface area contributed by atoms with Crippen LogP contribution in [-0.2, 0) is 0 Å². The molecule has 0 spiro atoms. The number of furan rings is 2. The van der Waals surface area contributed by atoms with Crippen LogP contribution < -0.4 is 0 Å². The molecule has 588 valence electrons. The SMILES string of the molecule is c1ccc(-c2cc(-c3ccccc3)cc(-c3nc(-c4ccc5c(c4)oc4ccccc45)nc(-n4c5ccccc5c5cc6c(cc54)c4ccccc4n6-c4ccccc4)n3)c2)cc1.c1ccc(-c2ccc(-c3nc(-c4ccc(-c5cccc6c5oc5ccccc56)cc4)nc(-n4c5ccccc5c5cc6c(cc54)c4ccccc4n6-c4ccccc4)n3)cc2)cc1. The van der Waals surface area contributed by atoms with Crippen molar-refractivity contribution < 1.29 is 8.83 Å². The molecular formula is C114H70N10O2. The average molecular weight is 1610 g/mol. The fraction of sp³-hybridized carbons (Fsp3) is 0. The predicted octanol–water partition coefficient (Wildman–Crippen LogP) is 29.3. The Balaban J connectivity index is 0.000000137. The van der Waals surface area contributed by atoms with Crippen LogP contribution in [0.25, 0.3) is 244 Å². The standard InChI is InChI=1S/2C57H35N5O/c1-4-16-36(17-5-1)39-30-40(37-18-6-2-7-19-37)32-41(31-39)56-58-55(38-28-29-46-45-24-12-15-27-53(45)63-54(46)33-38)59-57(60-56)62-50-26-14-11-23-44(50)48-34-51-47(35-52(48)62)43-22-10-13-25-49(43)61(51)42-20-8-3-9-21-42;1-3-14-36(15-4-1)37-26-30-39(31-27-37)55-58-56(40-32-28-38(29-33-40)42-21-13-22-46-45-20-9-12-25-53(45)63-54(42)46)60-57(59-55)62-50-24-11-8-19-44(50)48-34-51-47(35-52(48)62)43-18-7-10-23-49(43)61(51)41-16-5-2-6-17-41/h2*1-35H. The summed E-state index contributed by atoms with van der Waals surface area (Å²) >= 11 is 0. The van der Waals surface area contributed by atoms with Crippen LogP contribution >= 0.6 is 0 Å². The van der Waals surface area contributed by atoms with Crippen molar-refractivity contribution in [2.45, 2.75) is 0 Å². The number of para-hydroxylation sites is 9. The van der Waals surface area contributed by atoms with Crippen LogP contribution in [-0.4, -0.2) is 48.2 Å². The lowest BCUT2D eigenvalue weighted by molar-refractivity contribution is 0.669. The molecule has 0 aliphatic carbocycles. The van der Waals surface area contributed by atoms with Gasteiger partial charge in [-0.05, 0) is 154 Å². The van der Waals surface area contributed by atoms with Crippen LogP contribution in [0.3, 0.4) is 0 Å². The molecule has 0 unspecified atom stereocenters. The van der Waals surface area contributed by atoms with E-state index in [2.05, 4.69) is 394 Å². The first-order chi connectivity index (χ1) is 62.4. The minimum absolute atomic E-state index is 0.531. The third-order valence-corrected chi connectivity index (χ3v) is 24.8. The molecule has 26 rings (SSSR count). The Morgan fingerprint density at radius 3 is 0.929 bits per heavy atom. The lowest BCUT2D eigenvalue weighted by Crippen LogP contribution is -2.06. The van der Waals surface area contributed by atoms with Gasteiger partial charge in [-0.15, -0.1) is 0 Å². The smallest absolute Gasteiger partial charge is 0.238 e. The number of hydrogen-bond donors (Lipinski definition) is 0. The largest absolute Gasteiger partial charge is 0.456 e. The van der Waals surface area contributed by atoms with E-state index in [4.69, 9.17) is 38.7 Å². The lowest BCUT2D eigenvalue weighted by atomic mass is 9.96. The Labute approximate surface area is 721 Å². The van der Waals surface area contributed by atoms with Gasteiger partial charge in [0.05, 0.1) is 44.1 Å². The summed E-state index contributed by atoms with van der Waals surface area (Å²) in [4.78, 5) is 32.0. The zero-order chi connectivity index (χ0) is 82.9. The molecule has 12 heteroatoms. The second-order valence-corrected chi connectivity index (χ2v) is 32.1. The third-order valence-electron chi connectivity index (χ3n) is 24.8. The summed E-state index contributed by atoms with van der Waals surface area (Å²) < 4.78 is 22.0. The topological polar surface area (TPSA) is 123 Å². The Morgan fingerprint density at radius 1 is 0.159 bits per heavy atom. The van der Waals surface area contributed by atoms with Crippen LogP contribution in [0.5, 0.6) is 0 Å². The third kappa shape index (κ3) is 12.0. The first-order valence-electron chi connectivity index (χ1n) is 42.4. The van der Waals surface area contributed by atoms with Crippen LogP contribution in [0.4, 0.5) is 0 Å². The minimum Gasteiger partial charge on any atom is -0.456 e. The molecule has 8 aromatic heterocycles. The molecule has 8 heterocycles. The van der Waals surface area contributed by atoms with Gasteiger partial charge in [0.2, 0.25) is 11.9 Å². The molecule has 26 aromatic rings. The van der Waals surface area contributed by atoms with E-state index in [1.165, 1.54) is 10.8 Å². The van der Waals surface area contributed by atoms with Gasteiger partial charge in [0.25, 0.3) is 0 Å². The quantitative estimate of drug-likeness (QED) is 0.118. The number of nitrogens with zero attached hydrogens (tertiary/aromatic N) is 10. The van der Waals surface area contributed by atoms with Crippen molar-refractivity contribution >= 4 is 131 Å². The molecule has 0 aliphatic heterocycles. The molecule has 18 aromatic carbocycles. The normalized spacial score (nSPS) is 11.8. The second-order valence-electron chi connectivity index (χ2n) is 32.1. The minimum atomic E-state index is 0.531. The highest BCUT2D eigenvalue weighted by Crippen LogP contribution is 2.45. The van der Waals surface area contributed by atoms with E-state index in [0.717, 1.165) is 198 Å². The number of aromatic nitrogens is 10. The van der Waals surface area contributed by atoms with Gasteiger partial charge in [-0.3, -0.25) is 9.13 Å². The zero-order valence-electron chi connectivity index (χ0n) is 67.7. The summed E-state index contributed by atoms with van der Waals surface area (Å²) in [5.74, 6) is 3.39. The highest BCUT2D eigenvalue weighted by Gasteiger charge is 2.26. The lowest BCUT2D eigenvalue weighted by Gasteiger charge is -2.13. The highest BCUT2D eigenvalue weighted by molar-refractivity contribution is 6.21. The van der Waals surface area contributed by atoms with Gasteiger partial charge in [0.1, 0.15) is 22.3 Å². The molecule has 12 nitrogen and oxygen atoms in total. The summed E-state index contributed by atoms with van der Waals surface area (Å²) in [5, 5.41) is 13.5. The number of benzene rings is 18. The van der Waals surface area contributed by atoms with E-state index in [0.29, 0.717) is 35.2 Å². The molecular weight excluding hydrogens is 1540 g/mol. The average Bonchev–Trinajstić information content (AvgIpc) is 1.56. The van der Waals surface area contributed by atoms with E-state index in [9.17, 15) is 0 Å². The maximum atomic E-state index is 6.42. The van der Waals surface area contributed by atoms with Crippen LogP contribution in [0.2, 0.25) is 0 Å². The summed E-state index contributed by atoms with van der Waals surface area (Å²) in [6.45, 7) is 0. The molecule has 0 aliphatic rings. The fourth-order valence-corrected chi connectivity index (χ4v) is 18.9. The maximum absolute atomic E-state index is 6.42. The van der Waals surface area contributed by atoms with E-state index >= 15 is 0 Å². The Kier molecular flexibility index (Phi) is 16.7. The number of hydrogen-bond acceptors (Lipinski definition) is 8. The second kappa shape index (κ2) is 29.3. The van der Waals surface area contributed by atoms with Crippen molar-refractivity contribution in [2.75, 3.05) is 0 Å². The maximum Gasteiger partial charge on any atom is 0.238 e. The fourth-order valence-electron chi connectivity index (χ4n) is 18.9.